The summed E-state index contributed by atoms with van der Waals surface area (Å²) >= 11 is 1.38. The van der Waals surface area contributed by atoms with E-state index in [2.05, 4.69) is 16.4 Å². The Morgan fingerprint density at radius 1 is 1.80 bits per heavy atom. The summed E-state index contributed by atoms with van der Waals surface area (Å²) < 4.78 is 0. The van der Waals surface area contributed by atoms with E-state index in [1.54, 1.807) is 15.8 Å². The van der Waals surface area contributed by atoms with Crippen LogP contribution in [-0.4, -0.2) is 41.5 Å². The summed E-state index contributed by atoms with van der Waals surface area (Å²) in [5.41, 5.74) is 2.05. The predicted octanol–water partition coefficient (Wildman–Crippen LogP) is 0.0807. The summed E-state index contributed by atoms with van der Waals surface area (Å²) in [6.07, 6.45) is 0. The van der Waals surface area contributed by atoms with Gasteiger partial charge in [-0.15, -0.1) is 11.3 Å². The molecule has 1 N–H and O–H groups in total. The largest absolute Gasteiger partial charge is 0.319 e. The van der Waals surface area contributed by atoms with Gasteiger partial charge in [0.2, 0.25) is 0 Å². The standard InChI is InChI=1S/C9H10N4OS/c10-3-7-4-11-1-2-13(7)9(14)8-5-15-6-12-8/h5-7,11H,1-2,4H2. The van der Waals surface area contributed by atoms with E-state index in [4.69, 9.17) is 5.26 Å². The van der Waals surface area contributed by atoms with Crippen molar-refractivity contribution < 1.29 is 4.79 Å². The number of hydrogen-bond donors (Lipinski definition) is 1. The van der Waals surface area contributed by atoms with Crippen molar-refractivity contribution in [1.82, 2.24) is 15.2 Å². The van der Waals surface area contributed by atoms with Crippen LogP contribution in [0, 0.1) is 11.3 Å². The molecule has 1 aliphatic rings. The number of thiazole rings is 1. The predicted molar refractivity (Wildman–Crippen MR) is 55.4 cm³/mol. The topological polar surface area (TPSA) is 69.0 Å². The lowest BCUT2D eigenvalue weighted by Gasteiger charge is -2.31. The molecule has 1 aromatic heterocycles. The van der Waals surface area contributed by atoms with Gasteiger partial charge in [0.25, 0.3) is 5.91 Å². The fraction of sp³-hybridized carbons (Fsp3) is 0.444. The molecule has 1 atom stereocenters. The molecule has 5 nitrogen and oxygen atoms in total. The molecule has 1 unspecified atom stereocenters. The average Bonchev–Trinajstić information content (AvgIpc) is 2.81. The van der Waals surface area contributed by atoms with Crippen LogP contribution in [-0.2, 0) is 0 Å². The number of rotatable bonds is 1. The van der Waals surface area contributed by atoms with Gasteiger partial charge in [-0.05, 0) is 0 Å². The SMILES string of the molecule is N#CC1CNCCN1C(=O)c1cscn1. The van der Waals surface area contributed by atoms with E-state index in [0.717, 1.165) is 6.54 Å². The Balaban J connectivity index is 2.15. The molecule has 2 rings (SSSR count). The second-order valence-corrected chi connectivity index (χ2v) is 3.94. The smallest absolute Gasteiger partial charge is 0.274 e. The van der Waals surface area contributed by atoms with Gasteiger partial charge in [-0.2, -0.15) is 5.26 Å². The highest BCUT2D eigenvalue weighted by atomic mass is 32.1. The highest BCUT2D eigenvalue weighted by molar-refractivity contribution is 7.07. The van der Waals surface area contributed by atoms with Crippen molar-refractivity contribution in [2.24, 2.45) is 0 Å². The summed E-state index contributed by atoms with van der Waals surface area (Å²) in [5, 5.41) is 13.7. The van der Waals surface area contributed by atoms with Gasteiger partial charge in [0.1, 0.15) is 11.7 Å². The van der Waals surface area contributed by atoms with Crippen LogP contribution in [0.25, 0.3) is 0 Å². The Morgan fingerprint density at radius 2 is 2.67 bits per heavy atom. The molecule has 1 aromatic rings. The molecular formula is C9H10N4OS. The summed E-state index contributed by atoms with van der Waals surface area (Å²) in [7, 11) is 0. The normalized spacial score (nSPS) is 21.0. The molecular weight excluding hydrogens is 212 g/mol. The lowest BCUT2D eigenvalue weighted by molar-refractivity contribution is 0.0682. The summed E-state index contributed by atoms with van der Waals surface area (Å²) in [4.78, 5) is 17.5. The lowest BCUT2D eigenvalue weighted by Crippen LogP contribution is -2.53. The maximum atomic E-state index is 11.9. The summed E-state index contributed by atoms with van der Waals surface area (Å²) in [6.45, 7) is 1.83. The third kappa shape index (κ3) is 1.98. The molecule has 0 aromatic carbocycles. The highest BCUT2D eigenvalue weighted by Crippen LogP contribution is 2.10. The molecule has 0 spiro atoms. The van der Waals surface area contributed by atoms with Gasteiger partial charge in [-0.25, -0.2) is 4.98 Å². The molecule has 6 heteroatoms. The van der Waals surface area contributed by atoms with Crippen molar-refractivity contribution >= 4 is 17.2 Å². The Morgan fingerprint density at radius 3 is 3.33 bits per heavy atom. The van der Waals surface area contributed by atoms with Gasteiger partial charge in [0.05, 0.1) is 11.6 Å². The minimum absolute atomic E-state index is 0.149. The molecule has 1 amide bonds. The van der Waals surface area contributed by atoms with Gasteiger partial charge < -0.3 is 10.2 Å². The number of hydrogen-bond acceptors (Lipinski definition) is 5. The number of carbonyl (C=O) groups excluding carboxylic acids is 1. The monoisotopic (exact) mass is 222 g/mol. The quantitative estimate of drug-likeness (QED) is 0.730. The summed E-state index contributed by atoms with van der Waals surface area (Å²) in [5.74, 6) is -0.149. The van der Waals surface area contributed by atoms with E-state index in [1.165, 1.54) is 11.3 Å². The van der Waals surface area contributed by atoms with Crippen LogP contribution in [0.4, 0.5) is 0 Å². The van der Waals surface area contributed by atoms with Gasteiger partial charge in [0.15, 0.2) is 0 Å². The van der Waals surface area contributed by atoms with Crippen LogP contribution in [0.5, 0.6) is 0 Å². The van der Waals surface area contributed by atoms with Gasteiger partial charge >= 0.3 is 0 Å². The maximum absolute atomic E-state index is 11.9. The molecule has 78 valence electrons. The van der Waals surface area contributed by atoms with E-state index in [0.29, 0.717) is 18.8 Å². The molecule has 0 saturated carbocycles. The summed E-state index contributed by atoms with van der Waals surface area (Å²) in [6, 6.07) is 1.73. The number of nitrogens with zero attached hydrogens (tertiary/aromatic N) is 3. The lowest BCUT2D eigenvalue weighted by atomic mass is 10.2. The van der Waals surface area contributed by atoms with Crippen molar-refractivity contribution in [3.8, 4) is 6.07 Å². The van der Waals surface area contributed by atoms with E-state index in [-0.39, 0.29) is 11.9 Å². The number of amides is 1. The van der Waals surface area contributed by atoms with Crippen LogP contribution in [0.1, 0.15) is 10.5 Å². The van der Waals surface area contributed by atoms with Crippen LogP contribution < -0.4 is 5.32 Å². The molecule has 0 bridgehead atoms. The van der Waals surface area contributed by atoms with Crippen LogP contribution in [0.3, 0.4) is 0 Å². The number of nitrogens with one attached hydrogen (secondary N) is 1. The second kappa shape index (κ2) is 4.38. The number of carbonyl (C=O) groups is 1. The Hall–Kier alpha value is -1.45. The van der Waals surface area contributed by atoms with Crippen LogP contribution in [0.2, 0.25) is 0 Å². The zero-order valence-electron chi connectivity index (χ0n) is 8.01. The van der Waals surface area contributed by atoms with E-state index < -0.39 is 0 Å². The van der Waals surface area contributed by atoms with E-state index in [9.17, 15) is 4.79 Å². The van der Waals surface area contributed by atoms with Crippen molar-refractivity contribution in [3.63, 3.8) is 0 Å². The first-order valence-electron chi connectivity index (χ1n) is 4.62. The molecule has 0 radical (unpaired) electrons. The zero-order chi connectivity index (χ0) is 10.7. The minimum atomic E-state index is -0.382. The first-order chi connectivity index (χ1) is 7.33. The molecule has 1 saturated heterocycles. The van der Waals surface area contributed by atoms with Crippen molar-refractivity contribution in [3.05, 3.63) is 16.6 Å². The fourth-order valence-electron chi connectivity index (χ4n) is 1.53. The Bertz CT molecular complexity index is 383. The first-order valence-corrected chi connectivity index (χ1v) is 5.56. The maximum Gasteiger partial charge on any atom is 0.274 e. The van der Waals surface area contributed by atoms with Crippen LogP contribution in [0.15, 0.2) is 10.9 Å². The van der Waals surface area contributed by atoms with Crippen molar-refractivity contribution in [2.75, 3.05) is 19.6 Å². The third-order valence-electron chi connectivity index (χ3n) is 2.30. The Labute approximate surface area is 91.3 Å². The zero-order valence-corrected chi connectivity index (χ0v) is 8.83. The Kier molecular flexibility index (Phi) is 2.94. The third-order valence-corrected chi connectivity index (χ3v) is 2.89. The average molecular weight is 222 g/mol. The number of aromatic nitrogens is 1. The molecule has 0 aliphatic carbocycles. The highest BCUT2D eigenvalue weighted by Gasteiger charge is 2.27. The number of nitriles is 1. The molecule has 1 aliphatic heterocycles. The van der Waals surface area contributed by atoms with Gasteiger partial charge in [-0.3, -0.25) is 4.79 Å². The van der Waals surface area contributed by atoms with Gasteiger partial charge in [0, 0.05) is 25.0 Å². The fourth-order valence-corrected chi connectivity index (χ4v) is 2.05. The van der Waals surface area contributed by atoms with E-state index >= 15 is 0 Å². The molecule has 1 fully saturated rings. The van der Waals surface area contributed by atoms with E-state index in [1.807, 2.05) is 0 Å². The van der Waals surface area contributed by atoms with Crippen molar-refractivity contribution in [2.45, 2.75) is 6.04 Å². The minimum Gasteiger partial charge on any atom is -0.319 e. The van der Waals surface area contributed by atoms with Crippen LogP contribution >= 0.6 is 11.3 Å². The molecule has 2 heterocycles. The van der Waals surface area contributed by atoms with Gasteiger partial charge in [-0.1, -0.05) is 0 Å². The second-order valence-electron chi connectivity index (χ2n) is 3.22. The molecule has 15 heavy (non-hydrogen) atoms. The first kappa shape index (κ1) is 10.1. The number of piperazine rings is 1. The van der Waals surface area contributed by atoms with Crippen molar-refractivity contribution in [1.29, 1.82) is 5.26 Å².